The molecular formula is C27H26FN3O2. The summed E-state index contributed by atoms with van der Waals surface area (Å²) in [5.41, 5.74) is 3.83. The third-order valence-corrected chi connectivity index (χ3v) is 5.65. The van der Waals surface area contributed by atoms with Crippen LogP contribution < -0.4 is 10.9 Å². The van der Waals surface area contributed by atoms with E-state index in [1.807, 2.05) is 48.5 Å². The number of nitrogens with zero attached hydrogens (tertiary/aromatic N) is 1. The highest BCUT2D eigenvalue weighted by Crippen LogP contribution is 2.16. The van der Waals surface area contributed by atoms with E-state index < -0.39 is 0 Å². The predicted molar refractivity (Wildman–Crippen MR) is 130 cm³/mol. The van der Waals surface area contributed by atoms with Gasteiger partial charge >= 0.3 is 6.03 Å². The molecule has 0 unspecified atom stereocenters. The third kappa shape index (κ3) is 5.66. The van der Waals surface area contributed by atoms with Crippen LogP contribution in [0.1, 0.15) is 23.6 Å². The largest absolute Gasteiger partial charge is 0.322 e. The van der Waals surface area contributed by atoms with Gasteiger partial charge in [-0.2, -0.15) is 0 Å². The number of amides is 2. The van der Waals surface area contributed by atoms with E-state index in [9.17, 15) is 14.0 Å². The van der Waals surface area contributed by atoms with Crippen molar-refractivity contribution in [2.75, 3.05) is 11.9 Å². The first-order valence-electron chi connectivity index (χ1n) is 11.0. The highest BCUT2D eigenvalue weighted by Gasteiger charge is 2.17. The van der Waals surface area contributed by atoms with Gasteiger partial charge in [0.2, 0.25) is 0 Å². The molecule has 0 atom stereocenters. The standard InChI is InChI=1S/C27H26FN3O2/c1-2-19-8-13-25-21(16-19)17-22(26(32)30-25)18-31(15-14-20-6-4-3-5-7-20)27(33)29-24-11-9-23(28)10-12-24/h3-13,16-17H,2,14-15,18H2,1H3,(H,29,33)(H,30,32). The van der Waals surface area contributed by atoms with Crippen LogP contribution in [0, 0.1) is 5.82 Å². The molecule has 0 aliphatic heterocycles. The zero-order chi connectivity index (χ0) is 23.2. The van der Waals surface area contributed by atoms with Gasteiger partial charge in [0.05, 0.1) is 6.54 Å². The highest BCUT2D eigenvalue weighted by atomic mass is 19.1. The van der Waals surface area contributed by atoms with E-state index in [4.69, 9.17) is 0 Å². The SMILES string of the molecule is CCc1ccc2[nH]c(=O)c(CN(CCc3ccccc3)C(=O)Nc3ccc(F)cc3)cc2c1. The number of urea groups is 1. The molecule has 168 valence electrons. The van der Waals surface area contributed by atoms with Gasteiger partial charge in [0, 0.05) is 23.3 Å². The monoisotopic (exact) mass is 443 g/mol. The fraction of sp³-hybridized carbons (Fsp3) is 0.185. The lowest BCUT2D eigenvalue weighted by atomic mass is 10.1. The summed E-state index contributed by atoms with van der Waals surface area (Å²) in [6.45, 7) is 2.66. The number of pyridine rings is 1. The maximum absolute atomic E-state index is 13.2. The molecule has 0 radical (unpaired) electrons. The zero-order valence-electron chi connectivity index (χ0n) is 18.5. The highest BCUT2D eigenvalue weighted by molar-refractivity contribution is 5.89. The number of H-pyrrole nitrogens is 1. The van der Waals surface area contributed by atoms with E-state index in [1.54, 1.807) is 4.90 Å². The first-order valence-corrected chi connectivity index (χ1v) is 11.0. The van der Waals surface area contributed by atoms with Crippen molar-refractivity contribution in [3.63, 3.8) is 0 Å². The minimum atomic E-state index is -0.372. The third-order valence-electron chi connectivity index (χ3n) is 5.65. The van der Waals surface area contributed by atoms with E-state index >= 15 is 0 Å². The Labute approximate surface area is 191 Å². The fourth-order valence-corrected chi connectivity index (χ4v) is 3.74. The molecule has 0 saturated heterocycles. The van der Waals surface area contributed by atoms with E-state index in [1.165, 1.54) is 29.8 Å². The van der Waals surface area contributed by atoms with Crippen molar-refractivity contribution in [2.24, 2.45) is 0 Å². The summed E-state index contributed by atoms with van der Waals surface area (Å²) in [5.74, 6) is -0.372. The smallest absolute Gasteiger partial charge is 0.322 e. The Hall–Kier alpha value is -3.93. The van der Waals surface area contributed by atoms with Crippen LogP contribution in [0.5, 0.6) is 0 Å². The summed E-state index contributed by atoms with van der Waals surface area (Å²) >= 11 is 0. The van der Waals surface area contributed by atoms with Gasteiger partial charge in [0.1, 0.15) is 5.82 Å². The van der Waals surface area contributed by atoms with Crippen LogP contribution in [0.15, 0.2) is 83.7 Å². The molecule has 33 heavy (non-hydrogen) atoms. The topological polar surface area (TPSA) is 65.2 Å². The Bertz CT molecular complexity index is 1300. The molecule has 0 saturated carbocycles. The van der Waals surface area contributed by atoms with Gasteiger partial charge in [-0.25, -0.2) is 9.18 Å². The number of nitrogens with one attached hydrogen (secondary N) is 2. The van der Waals surface area contributed by atoms with E-state index in [0.717, 1.165) is 22.9 Å². The number of hydrogen-bond donors (Lipinski definition) is 2. The van der Waals surface area contributed by atoms with Crippen molar-refractivity contribution < 1.29 is 9.18 Å². The van der Waals surface area contributed by atoms with Gasteiger partial charge < -0.3 is 15.2 Å². The Kier molecular flexibility index (Phi) is 6.83. The number of carbonyl (C=O) groups excluding carboxylic acids is 1. The number of hydrogen-bond acceptors (Lipinski definition) is 2. The van der Waals surface area contributed by atoms with E-state index in [2.05, 4.69) is 23.3 Å². The number of anilines is 1. The number of aryl methyl sites for hydroxylation is 1. The second-order valence-corrected chi connectivity index (χ2v) is 7.99. The molecule has 1 heterocycles. The number of carbonyl (C=O) groups is 1. The number of aromatic nitrogens is 1. The van der Waals surface area contributed by atoms with E-state index in [0.29, 0.717) is 24.2 Å². The first-order chi connectivity index (χ1) is 16.0. The Balaban J connectivity index is 1.60. The number of fused-ring (bicyclic) bond motifs is 1. The van der Waals surface area contributed by atoms with Crippen LogP contribution in [0.25, 0.3) is 10.9 Å². The molecule has 6 heteroatoms. The molecule has 0 bridgehead atoms. The molecule has 1 aromatic heterocycles. The van der Waals surface area contributed by atoms with Gasteiger partial charge in [-0.3, -0.25) is 4.79 Å². The van der Waals surface area contributed by atoms with Crippen molar-refractivity contribution in [1.82, 2.24) is 9.88 Å². The quantitative estimate of drug-likeness (QED) is 0.396. The lowest BCUT2D eigenvalue weighted by Gasteiger charge is -2.23. The summed E-state index contributed by atoms with van der Waals surface area (Å²) in [7, 11) is 0. The van der Waals surface area contributed by atoms with Crippen molar-refractivity contribution in [2.45, 2.75) is 26.3 Å². The summed E-state index contributed by atoms with van der Waals surface area (Å²) < 4.78 is 13.2. The van der Waals surface area contributed by atoms with Gasteiger partial charge in [0.15, 0.2) is 0 Å². The summed E-state index contributed by atoms with van der Waals surface area (Å²) in [4.78, 5) is 30.4. The van der Waals surface area contributed by atoms with Crippen LogP contribution in [0.4, 0.5) is 14.9 Å². The molecule has 5 nitrogen and oxygen atoms in total. The molecule has 0 aliphatic rings. The van der Waals surface area contributed by atoms with Gasteiger partial charge in [-0.1, -0.05) is 43.3 Å². The Morgan fingerprint density at radius 3 is 2.45 bits per heavy atom. The van der Waals surface area contributed by atoms with Crippen LogP contribution in [0.3, 0.4) is 0 Å². The Morgan fingerprint density at radius 2 is 1.73 bits per heavy atom. The molecule has 0 aliphatic carbocycles. The molecule has 2 N–H and O–H groups in total. The van der Waals surface area contributed by atoms with Crippen molar-refractivity contribution >= 4 is 22.6 Å². The summed E-state index contributed by atoms with van der Waals surface area (Å²) in [5, 5.41) is 3.74. The second-order valence-electron chi connectivity index (χ2n) is 7.99. The molecule has 0 fully saturated rings. The van der Waals surface area contributed by atoms with Crippen LogP contribution in [0.2, 0.25) is 0 Å². The summed E-state index contributed by atoms with van der Waals surface area (Å²) in [6, 6.07) is 23.0. The Morgan fingerprint density at radius 1 is 0.970 bits per heavy atom. The molecule has 3 aromatic carbocycles. The fourth-order valence-electron chi connectivity index (χ4n) is 3.74. The number of aromatic amines is 1. The summed E-state index contributed by atoms with van der Waals surface area (Å²) in [6.07, 6.45) is 1.54. The lowest BCUT2D eigenvalue weighted by molar-refractivity contribution is 0.209. The average Bonchev–Trinajstić information content (AvgIpc) is 2.83. The van der Waals surface area contributed by atoms with Crippen LogP contribution in [-0.2, 0) is 19.4 Å². The number of benzene rings is 3. The molecule has 2 amide bonds. The maximum Gasteiger partial charge on any atom is 0.322 e. The van der Waals surface area contributed by atoms with Crippen molar-refractivity contribution in [3.05, 3.63) is 112 Å². The van der Waals surface area contributed by atoms with Crippen LogP contribution >= 0.6 is 0 Å². The van der Waals surface area contributed by atoms with Gasteiger partial charge in [0.25, 0.3) is 5.56 Å². The minimum absolute atomic E-state index is 0.154. The molecule has 4 rings (SSSR count). The molecule has 4 aromatic rings. The predicted octanol–water partition coefficient (Wildman–Crippen LogP) is 5.51. The van der Waals surface area contributed by atoms with Gasteiger partial charge in [-0.15, -0.1) is 0 Å². The maximum atomic E-state index is 13.2. The van der Waals surface area contributed by atoms with Gasteiger partial charge in [-0.05, 0) is 71.8 Å². The first kappa shape index (κ1) is 22.3. The van der Waals surface area contributed by atoms with E-state index in [-0.39, 0.29) is 24.0 Å². The van der Waals surface area contributed by atoms with Crippen LogP contribution in [-0.4, -0.2) is 22.5 Å². The normalized spacial score (nSPS) is 10.8. The lowest BCUT2D eigenvalue weighted by Crippen LogP contribution is -2.37. The zero-order valence-corrected chi connectivity index (χ0v) is 18.5. The minimum Gasteiger partial charge on any atom is -0.322 e. The molecule has 0 spiro atoms. The second kappa shape index (κ2) is 10.1. The number of rotatable bonds is 7. The molecular weight excluding hydrogens is 417 g/mol. The van der Waals surface area contributed by atoms with Crippen molar-refractivity contribution in [1.29, 1.82) is 0 Å². The van der Waals surface area contributed by atoms with Crippen molar-refractivity contribution in [3.8, 4) is 0 Å². The average molecular weight is 444 g/mol. The number of halogens is 1.